The number of H-pyrrole nitrogens is 1. The molecule has 0 spiro atoms. The van der Waals surface area contributed by atoms with Crippen LogP contribution in [-0.2, 0) is 14.8 Å². The molecule has 2 aromatic carbocycles. The summed E-state index contributed by atoms with van der Waals surface area (Å²) in [6.07, 6.45) is 1.68. The quantitative estimate of drug-likeness (QED) is 0.663. The fourth-order valence-electron chi connectivity index (χ4n) is 2.99. The van der Waals surface area contributed by atoms with Gasteiger partial charge in [-0.15, -0.1) is 0 Å². The third kappa shape index (κ3) is 2.11. The van der Waals surface area contributed by atoms with E-state index in [1.807, 2.05) is 0 Å². The second-order valence-corrected chi connectivity index (χ2v) is 7.22. The van der Waals surface area contributed by atoms with Crippen LogP contribution in [-0.4, -0.2) is 24.5 Å². The van der Waals surface area contributed by atoms with Crippen LogP contribution in [0.15, 0.2) is 47.5 Å². The van der Waals surface area contributed by atoms with Crippen LogP contribution >= 0.6 is 0 Å². The highest BCUT2D eigenvalue weighted by Crippen LogP contribution is 2.36. The SMILES string of the molecule is O=C(O)C1NS(=O)(=O)c2ccc(-c3c[nH]c4cc(F)ccc34)cc21. The van der Waals surface area contributed by atoms with Crippen molar-refractivity contribution >= 4 is 26.9 Å². The van der Waals surface area contributed by atoms with E-state index in [2.05, 4.69) is 9.71 Å². The number of halogens is 1. The highest BCUT2D eigenvalue weighted by atomic mass is 32.2. The zero-order chi connectivity index (χ0) is 17.1. The Morgan fingerprint density at radius 3 is 2.71 bits per heavy atom. The van der Waals surface area contributed by atoms with Crippen LogP contribution in [0.25, 0.3) is 22.0 Å². The number of carboxylic acids is 1. The number of benzene rings is 2. The molecule has 1 aliphatic rings. The maximum Gasteiger partial charge on any atom is 0.326 e. The van der Waals surface area contributed by atoms with Crippen molar-refractivity contribution in [1.82, 2.24) is 9.71 Å². The minimum absolute atomic E-state index is 0.0375. The van der Waals surface area contributed by atoms with Gasteiger partial charge in [-0.05, 0) is 35.9 Å². The van der Waals surface area contributed by atoms with Crippen LogP contribution in [0.3, 0.4) is 0 Å². The van der Waals surface area contributed by atoms with Crippen LogP contribution in [0.1, 0.15) is 11.6 Å². The van der Waals surface area contributed by atoms with E-state index in [4.69, 9.17) is 0 Å². The molecule has 0 bridgehead atoms. The number of hydrogen-bond donors (Lipinski definition) is 3. The van der Waals surface area contributed by atoms with Crippen molar-refractivity contribution < 1.29 is 22.7 Å². The van der Waals surface area contributed by atoms with Crippen molar-refractivity contribution in [3.05, 3.63) is 54.0 Å². The van der Waals surface area contributed by atoms with Crippen LogP contribution in [0.5, 0.6) is 0 Å². The van der Waals surface area contributed by atoms with Gasteiger partial charge in [0.15, 0.2) is 0 Å². The van der Waals surface area contributed by atoms with Crippen molar-refractivity contribution in [2.75, 3.05) is 0 Å². The van der Waals surface area contributed by atoms with Crippen molar-refractivity contribution in [1.29, 1.82) is 0 Å². The predicted octanol–water partition coefficient (Wildman–Crippen LogP) is 2.39. The van der Waals surface area contributed by atoms with E-state index in [1.165, 1.54) is 24.3 Å². The second kappa shape index (κ2) is 4.89. The van der Waals surface area contributed by atoms with Gasteiger partial charge in [0.05, 0.1) is 4.90 Å². The van der Waals surface area contributed by atoms with E-state index in [1.54, 1.807) is 18.3 Å². The third-order valence-corrected chi connectivity index (χ3v) is 5.58. The van der Waals surface area contributed by atoms with E-state index < -0.39 is 22.0 Å². The number of sulfonamides is 1. The number of aromatic nitrogens is 1. The molecule has 6 nitrogen and oxygen atoms in total. The van der Waals surface area contributed by atoms with Gasteiger partial charge in [0.2, 0.25) is 10.0 Å². The van der Waals surface area contributed by atoms with Gasteiger partial charge in [0.1, 0.15) is 11.9 Å². The average molecular weight is 346 g/mol. The summed E-state index contributed by atoms with van der Waals surface area (Å²) in [5.74, 6) is -1.64. The molecule has 1 unspecified atom stereocenters. The van der Waals surface area contributed by atoms with Crippen LogP contribution in [0.2, 0.25) is 0 Å². The molecule has 0 saturated heterocycles. The lowest BCUT2D eigenvalue weighted by Crippen LogP contribution is -2.25. The van der Waals surface area contributed by atoms with E-state index in [0.717, 1.165) is 10.9 Å². The Bertz CT molecular complexity index is 1100. The summed E-state index contributed by atoms with van der Waals surface area (Å²) in [5.41, 5.74) is 2.18. The van der Waals surface area contributed by atoms with Gasteiger partial charge in [-0.3, -0.25) is 4.79 Å². The Morgan fingerprint density at radius 2 is 1.96 bits per heavy atom. The molecule has 24 heavy (non-hydrogen) atoms. The van der Waals surface area contributed by atoms with Crippen LogP contribution in [0.4, 0.5) is 4.39 Å². The van der Waals surface area contributed by atoms with Gasteiger partial charge in [0, 0.05) is 28.2 Å². The number of fused-ring (bicyclic) bond motifs is 2. The fraction of sp³-hybridized carbons (Fsp3) is 0.0625. The molecule has 0 saturated carbocycles. The number of nitrogens with one attached hydrogen (secondary N) is 2. The summed E-state index contributed by atoms with van der Waals surface area (Å²) in [4.78, 5) is 14.2. The van der Waals surface area contributed by atoms with Crippen molar-refractivity contribution in [2.24, 2.45) is 0 Å². The first kappa shape index (κ1) is 14.9. The normalized spacial score (nSPS) is 18.6. The molecule has 1 atom stereocenters. The zero-order valence-corrected chi connectivity index (χ0v) is 12.9. The van der Waals surface area contributed by atoms with Crippen molar-refractivity contribution in [3.8, 4) is 11.1 Å². The van der Waals surface area contributed by atoms with E-state index in [-0.39, 0.29) is 16.3 Å². The Labute approximate surface area is 136 Å². The molecule has 2 heterocycles. The standard InChI is InChI=1S/C16H11FN2O4S/c17-9-2-3-10-12(7-18-13(10)6-9)8-1-4-14-11(5-8)15(16(20)21)19-24(14,22)23/h1-7,15,18-19H,(H,20,21). The maximum absolute atomic E-state index is 13.3. The predicted molar refractivity (Wildman–Crippen MR) is 84.4 cm³/mol. The Balaban J connectivity index is 1.92. The zero-order valence-electron chi connectivity index (χ0n) is 12.1. The van der Waals surface area contributed by atoms with E-state index >= 15 is 0 Å². The molecule has 3 aromatic rings. The molecule has 3 N–H and O–H groups in total. The lowest BCUT2D eigenvalue weighted by atomic mass is 9.99. The fourth-order valence-corrected chi connectivity index (χ4v) is 4.39. The van der Waals surface area contributed by atoms with Gasteiger partial charge in [-0.25, -0.2) is 12.8 Å². The number of hydrogen-bond acceptors (Lipinski definition) is 3. The number of carbonyl (C=O) groups is 1. The molecule has 1 aromatic heterocycles. The molecular formula is C16H11FN2O4S. The lowest BCUT2D eigenvalue weighted by molar-refractivity contribution is -0.139. The second-order valence-electron chi connectivity index (χ2n) is 5.54. The number of aliphatic carboxylic acids is 1. The summed E-state index contributed by atoms with van der Waals surface area (Å²) >= 11 is 0. The smallest absolute Gasteiger partial charge is 0.326 e. The minimum atomic E-state index is -3.82. The molecular weight excluding hydrogens is 335 g/mol. The topological polar surface area (TPSA) is 99.3 Å². The van der Waals surface area contributed by atoms with Crippen molar-refractivity contribution in [3.63, 3.8) is 0 Å². The number of rotatable bonds is 2. The minimum Gasteiger partial charge on any atom is -0.480 e. The maximum atomic E-state index is 13.3. The first-order valence-electron chi connectivity index (χ1n) is 7.03. The number of carboxylic acid groups (broad SMARTS) is 1. The largest absolute Gasteiger partial charge is 0.480 e. The summed E-state index contributed by atoms with van der Waals surface area (Å²) in [5, 5.41) is 10.0. The molecule has 0 amide bonds. The summed E-state index contributed by atoms with van der Waals surface area (Å²) in [6.45, 7) is 0. The Kier molecular flexibility index (Phi) is 3.03. The summed E-state index contributed by atoms with van der Waals surface area (Å²) in [7, 11) is -3.82. The summed E-state index contributed by atoms with van der Waals surface area (Å²) in [6, 6.07) is 7.53. The molecule has 0 aliphatic carbocycles. The highest BCUT2D eigenvalue weighted by Gasteiger charge is 2.38. The van der Waals surface area contributed by atoms with Gasteiger partial charge in [-0.1, -0.05) is 6.07 Å². The van der Waals surface area contributed by atoms with Gasteiger partial charge >= 0.3 is 5.97 Å². The van der Waals surface area contributed by atoms with Gasteiger partial charge in [0.25, 0.3) is 0 Å². The molecule has 1 aliphatic heterocycles. The molecule has 8 heteroatoms. The number of aromatic amines is 1. The van der Waals surface area contributed by atoms with Crippen LogP contribution in [0, 0.1) is 5.82 Å². The lowest BCUT2D eigenvalue weighted by Gasteiger charge is -2.06. The van der Waals surface area contributed by atoms with E-state index in [0.29, 0.717) is 11.1 Å². The first-order valence-corrected chi connectivity index (χ1v) is 8.51. The molecule has 4 rings (SSSR count). The molecule has 0 fully saturated rings. The first-order chi connectivity index (χ1) is 11.4. The monoisotopic (exact) mass is 346 g/mol. The molecule has 0 radical (unpaired) electrons. The Hall–Kier alpha value is -2.71. The molecule has 122 valence electrons. The van der Waals surface area contributed by atoms with E-state index in [9.17, 15) is 22.7 Å². The highest BCUT2D eigenvalue weighted by molar-refractivity contribution is 7.89. The van der Waals surface area contributed by atoms with Gasteiger partial charge < -0.3 is 10.1 Å². The van der Waals surface area contributed by atoms with Crippen LogP contribution < -0.4 is 4.72 Å². The van der Waals surface area contributed by atoms with Crippen molar-refractivity contribution in [2.45, 2.75) is 10.9 Å². The van der Waals surface area contributed by atoms with Gasteiger partial charge in [-0.2, -0.15) is 4.72 Å². The Morgan fingerprint density at radius 1 is 1.17 bits per heavy atom. The third-order valence-electron chi connectivity index (χ3n) is 4.09. The average Bonchev–Trinajstić information content (AvgIpc) is 3.05. The summed E-state index contributed by atoms with van der Waals surface area (Å²) < 4.78 is 39.4.